The molecule has 5 heteroatoms. The second-order valence-corrected chi connectivity index (χ2v) is 4.83. The Bertz CT molecular complexity index is 445. The molecule has 0 radical (unpaired) electrons. The number of non-ortho nitro benzene ring substituents is 1. The van der Waals surface area contributed by atoms with Gasteiger partial charge in [-0.25, -0.2) is 4.39 Å². The van der Waals surface area contributed by atoms with Gasteiger partial charge in [-0.1, -0.05) is 19.3 Å². The molecule has 1 saturated carbocycles. The molecule has 98 valence electrons. The summed E-state index contributed by atoms with van der Waals surface area (Å²) in [5, 5.41) is 10.7. The summed E-state index contributed by atoms with van der Waals surface area (Å²) >= 11 is 0. The maximum absolute atomic E-state index is 13.4. The molecule has 4 nitrogen and oxygen atoms in total. The summed E-state index contributed by atoms with van der Waals surface area (Å²) in [6.07, 6.45) is 5.73. The lowest BCUT2D eigenvalue weighted by Gasteiger charge is -2.32. The Kier molecular flexibility index (Phi) is 3.79. The van der Waals surface area contributed by atoms with Gasteiger partial charge in [0.25, 0.3) is 5.69 Å². The van der Waals surface area contributed by atoms with Crippen molar-refractivity contribution in [2.45, 2.75) is 38.1 Å². The second-order valence-electron chi connectivity index (χ2n) is 4.83. The van der Waals surface area contributed by atoms with Gasteiger partial charge >= 0.3 is 0 Å². The number of rotatable bonds is 3. The minimum absolute atomic E-state index is 0.187. The van der Waals surface area contributed by atoms with Crippen LogP contribution in [-0.2, 0) is 0 Å². The molecule has 1 aromatic carbocycles. The van der Waals surface area contributed by atoms with Crippen LogP contribution < -0.4 is 4.90 Å². The van der Waals surface area contributed by atoms with Crippen LogP contribution in [0.25, 0.3) is 0 Å². The molecule has 0 aromatic heterocycles. The summed E-state index contributed by atoms with van der Waals surface area (Å²) in [6.45, 7) is 0. The van der Waals surface area contributed by atoms with Crippen molar-refractivity contribution in [1.29, 1.82) is 0 Å². The molecule has 0 saturated heterocycles. The first-order valence-electron chi connectivity index (χ1n) is 6.26. The number of halogens is 1. The van der Waals surface area contributed by atoms with Crippen LogP contribution in [0.3, 0.4) is 0 Å². The predicted molar refractivity (Wildman–Crippen MR) is 68.3 cm³/mol. The fourth-order valence-corrected chi connectivity index (χ4v) is 2.55. The van der Waals surface area contributed by atoms with Gasteiger partial charge in [-0.05, 0) is 18.9 Å². The van der Waals surface area contributed by atoms with E-state index in [1.54, 1.807) is 0 Å². The largest absolute Gasteiger partial charge is 0.371 e. The third kappa shape index (κ3) is 2.78. The van der Waals surface area contributed by atoms with E-state index in [-0.39, 0.29) is 5.69 Å². The lowest BCUT2D eigenvalue weighted by molar-refractivity contribution is -0.385. The first-order chi connectivity index (χ1) is 8.58. The number of hydrogen-bond acceptors (Lipinski definition) is 3. The van der Waals surface area contributed by atoms with Crippen LogP contribution in [0, 0.1) is 15.9 Å². The molecule has 0 heterocycles. The van der Waals surface area contributed by atoms with Crippen LogP contribution in [0.5, 0.6) is 0 Å². The molecule has 0 unspecified atom stereocenters. The molecular weight excluding hydrogens is 235 g/mol. The van der Waals surface area contributed by atoms with Crippen LogP contribution in [0.1, 0.15) is 32.1 Å². The molecule has 0 amide bonds. The Labute approximate surface area is 106 Å². The Morgan fingerprint density at radius 1 is 1.28 bits per heavy atom. The molecule has 0 bridgehead atoms. The zero-order valence-electron chi connectivity index (χ0n) is 10.4. The molecule has 1 fully saturated rings. The highest BCUT2D eigenvalue weighted by molar-refractivity contribution is 5.53. The average Bonchev–Trinajstić information content (AvgIpc) is 2.38. The lowest BCUT2D eigenvalue weighted by atomic mass is 9.94. The molecule has 1 aliphatic rings. The van der Waals surface area contributed by atoms with Gasteiger partial charge in [0.15, 0.2) is 0 Å². The normalized spacial score (nSPS) is 16.6. The molecule has 0 aliphatic heterocycles. The Balaban J connectivity index is 2.23. The van der Waals surface area contributed by atoms with Crippen LogP contribution in [0.2, 0.25) is 0 Å². The number of nitro benzene ring substituents is 1. The van der Waals surface area contributed by atoms with E-state index in [1.165, 1.54) is 31.4 Å². The Morgan fingerprint density at radius 2 is 1.94 bits per heavy atom. The zero-order valence-corrected chi connectivity index (χ0v) is 10.4. The van der Waals surface area contributed by atoms with Gasteiger partial charge in [-0.3, -0.25) is 10.1 Å². The molecule has 0 spiro atoms. The number of hydrogen-bond donors (Lipinski definition) is 0. The van der Waals surface area contributed by atoms with Crippen molar-refractivity contribution in [2.75, 3.05) is 11.9 Å². The van der Waals surface area contributed by atoms with Gasteiger partial charge in [0.05, 0.1) is 11.0 Å². The third-order valence-corrected chi connectivity index (χ3v) is 3.61. The summed E-state index contributed by atoms with van der Waals surface area (Å²) in [5.74, 6) is -0.554. The highest BCUT2D eigenvalue weighted by Gasteiger charge is 2.20. The average molecular weight is 252 g/mol. The molecule has 0 N–H and O–H groups in total. The van der Waals surface area contributed by atoms with Gasteiger partial charge < -0.3 is 4.90 Å². The Hall–Kier alpha value is -1.65. The molecule has 1 aliphatic carbocycles. The van der Waals surface area contributed by atoms with E-state index in [0.29, 0.717) is 11.7 Å². The van der Waals surface area contributed by atoms with Gasteiger partial charge in [-0.2, -0.15) is 0 Å². The molecule has 1 aromatic rings. The van der Waals surface area contributed by atoms with Gasteiger partial charge in [-0.15, -0.1) is 0 Å². The van der Waals surface area contributed by atoms with E-state index in [2.05, 4.69) is 0 Å². The van der Waals surface area contributed by atoms with Crippen molar-refractivity contribution in [3.63, 3.8) is 0 Å². The number of benzene rings is 1. The van der Waals surface area contributed by atoms with E-state index in [0.717, 1.165) is 18.9 Å². The van der Waals surface area contributed by atoms with Crippen molar-refractivity contribution in [3.8, 4) is 0 Å². The summed E-state index contributed by atoms with van der Waals surface area (Å²) in [5.41, 5.74) is 0.404. The van der Waals surface area contributed by atoms with Crippen molar-refractivity contribution in [3.05, 3.63) is 34.1 Å². The fourth-order valence-electron chi connectivity index (χ4n) is 2.55. The van der Waals surface area contributed by atoms with E-state index in [9.17, 15) is 14.5 Å². The van der Waals surface area contributed by atoms with Gasteiger partial charge in [0.2, 0.25) is 0 Å². The van der Waals surface area contributed by atoms with Crippen molar-refractivity contribution >= 4 is 11.4 Å². The summed E-state index contributed by atoms with van der Waals surface area (Å²) < 4.78 is 13.4. The number of nitrogens with zero attached hydrogens (tertiary/aromatic N) is 2. The molecule has 18 heavy (non-hydrogen) atoms. The zero-order chi connectivity index (χ0) is 13.1. The number of anilines is 1. The van der Waals surface area contributed by atoms with E-state index >= 15 is 0 Å². The van der Waals surface area contributed by atoms with Crippen molar-refractivity contribution in [2.24, 2.45) is 0 Å². The quantitative estimate of drug-likeness (QED) is 0.611. The fraction of sp³-hybridized carbons (Fsp3) is 0.538. The maximum Gasteiger partial charge on any atom is 0.274 e. The van der Waals surface area contributed by atoms with Crippen LogP contribution in [0.15, 0.2) is 18.2 Å². The third-order valence-electron chi connectivity index (χ3n) is 3.61. The van der Waals surface area contributed by atoms with Gasteiger partial charge in [0.1, 0.15) is 5.82 Å². The molecular formula is C13H17FN2O2. The van der Waals surface area contributed by atoms with Crippen molar-refractivity contribution < 1.29 is 9.31 Å². The minimum Gasteiger partial charge on any atom is -0.371 e. The van der Waals surface area contributed by atoms with Crippen LogP contribution >= 0.6 is 0 Å². The van der Waals surface area contributed by atoms with E-state index in [4.69, 9.17) is 0 Å². The van der Waals surface area contributed by atoms with Crippen LogP contribution in [-0.4, -0.2) is 18.0 Å². The highest BCUT2D eigenvalue weighted by atomic mass is 19.1. The predicted octanol–water partition coefficient (Wildman–Crippen LogP) is 3.50. The summed E-state index contributed by atoms with van der Waals surface area (Å²) in [4.78, 5) is 12.1. The van der Waals surface area contributed by atoms with E-state index < -0.39 is 10.7 Å². The van der Waals surface area contributed by atoms with Crippen LogP contribution in [0.4, 0.5) is 15.8 Å². The summed E-state index contributed by atoms with van der Waals surface area (Å²) in [6, 6.07) is 4.12. The number of nitro groups is 1. The Morgan fingerprint density at radius 3 is 2.56 bits per heavy atom. The monoisotopic (exact) mass is 252 g/mol. The molecule has 2 rings (SSSR count). The van der Waals surface area contributed by atoms with Crippen molar-refractivity contribution in [1.82, 2.24) is 0 Å². The maximum atomic E-state index is 13.4. The first-order valence-corrected chi connectivity index (χ1v) is 6.26. The first kappa shape index (κ1) is 12.8. The van der Waals surface area contributed by atoms with Gasteiger partial charge in [0, 0.05) is 24.8 Å². The lowest BCUT2D eigenvalue weighted by Crippen LogP contribution is -2.33. The smallest absolute Gasteiger partial charge is 0.274 e. The standard InChI is InChI=1S/C13H17FN2O2/c1-15(11-5-3-2-4-6-11)12-7-10(14)8-13(9-12)16(17)18/h7-9,11H,2-6H2,1H3. The minimum atomic E-state index is -0.554. The highest BCUT2D eigenvalue weighted by Crippen LogP contribution is 2.29. The molecule has 0 atom stereocenters. The SMILES string of the molecule is CN(c1cc(F)cc([N+](=O)[O-])c1)C1CCCCC1. The van der Waals surface area contributed by atoms with E-state index in [1.807, 2.05) is 11.9 Å². The second kappa shape index (κ2) is 5.33. The summed E-state index contributed by atoms with van der Waals surface area (Å²) in [7, 11) is 1.88. The topological polar surface area (TPSA) is 46.4 Å².